The number of carbonyl (C=O) groups is 1. The second kappa shape index (κ2) is 10.0. The highest BCUT2D eigenvalue weighted by Gasteiger charge is 2.17. The van der Waals surface area contributed by atoms with Gasteiger partial charge in [0.15, 0.2) is 0 Å². The van der Waals surface area contributed by atoms with Gasteiger partial charge >= 0.3 is 0 Å². The van der Waals surface area contributed by atoms with Crippen LogP contribution < -0.4 is 0 Å². The molecule has 3 aromatic carbocycles. The molecule has 1 aromatic heterocycles. The van der Waals surface area contributed by atoms with E-state index < -0.39 is 0 Å². The van der Waals surface area contributed by atoms with E-state index in [1.54, 1.807) is 12.3 Å². The molecular weight excluding hydrogens is 481 g/mol. The SMILES string of the molecule is CC/C(=C(/c1ccc(/C=C/C2=NSC(=O)C2)cc1)c1ccc2[nH]ncc2c1)c1ccc(F)cc1Cl. The first kappa shape index (κ1) is 23.3. The minimum Gasteiger partial charge on any atom is -0.285 e. The van der Waals surface area contributed by atoms with E-state index in [0.29, 0.717) is 17.9 Å². The van der Waals surface area contributed by atoms with E-state index in [4.69, 9.17) is 11.6 Å². The fourth-order valence-corrected chi connectivity index (χ4v) is 5.05. The van der Waals surface area contributed by atoms with Gasteiger partial charge in [0.25, 0.3) is 0 Å². The summed E-state index contributed by atoms with van der Waals surface area (Å²) in [6.45, 7) is 2.07. The largest absolute Gasteiger partial charge is 0.285 e. The van der Waals surface area contributed by atoms with Gasteiger partial charge in [-0.1, -0.05) is 61.0 Å². The van der Waals surface area contributed by atoms with E-state index >= 15 is 0 Å². The molecule has 1 aliphatic rings. The third kappa shape index (κ3) is 4.99. The molecule has 0 bridgehead atoms. The van der Waals surface area contributed by atoms with E-state index in [0.717, 1.165) is 62.0 Å². The zero-order valence-electron chi connectivity index (χ0n) is 18.9. The van der Waals surface area contributed by atoms with E-state index in [2.05, 4.69) is 45.8 Å². The Hall–Kier alpha value is -3.48. The number of nitrogens with one attached hydrogen (secondary N) is 1. The molecule has 0 saturated carbocycles. The van der Waals surface area contributed by atoms with Gasteiger partial charge in [0, 0.05) is 5.39 Å². The van der Waals surface area contributed by atoms with Crippen LogP contribution >= 0.6 is 23.5 Å². The molecule has 0 unspecified atom stereocenters. The Balaban J connectivity index is 1.61. The fourth-order valence-electron chi connectivity index (χ4n) is 4.21. The highest BCUT2D eigenvalue weighted by Crippen LogP contribution is 2.38. The number of hydrogen-bond donors (Lipinski definition) is 1. The van der Waals surface area contributed by atoms with Crippen molar-refractivity contribution in [2.75, 3.05) is 0 Å². The number of rotatable bonds is 6. The first-order chi connectivity index (χ1) is 17.0. The Morgan fingerprint density at radius 2 is 1.89 bits per heavy atom. The Bertz CT molecular complexity index is 1520. The molecule has 4 nitrogen and oxygen atoms in total. The fraction of sp³-hybridized carbons (Fsp3) is 0.107. The number of benzene rings is 3. The highest BCUT2D eigenvalue weighted by atomic mass is 35.5. The quantitative estimate of drug-likeness (QED) is 0.217. The van der Waals surface area contributed by atoms with E-state index in [1.807, 2.05) is 30.4 Å². The summed E-state index contributed by atoms with van der Waals surface area (Å²) in [5.74, 6) is -0.362. The molecule has 0 saturated heterocycles. The van der Waals surface area contributed by atoms with Crippen LogP contribution in [0.1, 0.15) is 42.0 Å². The normalized spacial score (nSPS) is 14.6. The molecule has 174 valence electrons. The molecule has 1 aliphatic heterocycles. The average Bonchev–Trinajstić information content (AvgIpc) is 3.50. The predicted molar refractivity (Wildman–Crippen MR) is 144 cm³/mol. The Labute approximate surface area is 211 Å². The lowest BCUT2D eigenvalue weighted by Crippen LogP contribution is -1.96. The van der Waals surface area contributed by atoms with Crippen LogP contribution in [0.5, 0.6) is 0 Å². The van der Waals surface area contributed by atoms with Gasteiger partial charge in [-0.3, -0.25) is 9.89 Å². The predicted octanol–water partition coefficient (Wildman–Crippen LogP) is 7.76. The number of nitrogens with zero attached hydrogens (tertiary/aromatic N) is 2. The molecule has 2 heterocycles. The molecule has 0 aliphatic carbocycles. The number of halogens is 2. The second-order valence-electron chi connectivity index (χ2n) is 8.18. The third-order valence-corrected chi connectivity index (χ3v) is 6.88. The first-order valence-corrected chi connectivity index (χ1v) is 12.3. The number of aromatic amines is 1. The zero-order valence-corrected chi connectivity index (χ0v) is 20.5. The van der Waals surface area contributed by atoms with E-state index in [1.165, 1.54) is 12.1 Å². The number of carbonyl (C=O) groups excluding carboxylic acids is 1. The third-order valence-electron chi connectivity index (χ3n) is 5.90. The lowest BCUT2D eigenvalue weighted by molar-refractivity contribution is -0.109. The van der Waals surface area contributed by atoms with Gasteiger partial charge in [0.2, 0.25) is 5.12 Å². The van der Waals surface area contributed by atoms with Gasteiger partial charge in [0.1, 0.15) is 5.82 Å². The standard InChI is InChI=1S/C28H21ClFN3OS/c1-2-23(24-11-9-21(30)14-25(24)29)28(19-8-12-26-20(13-19)16-31-32-26)18-6-3-17(4-7-18)5-10-22-15-27(34)35-33-22/h3-14,16H,2,15H2,1H3,(H,31,32)/b10-5+,28-23+. The average molecular weight is 502 g/mol. The maximum Gasteiger partial charge on any atom is 0.217 e. The van der Waals surface area contributed by atoms with Crippen LogP contribution in [0.25, 0.3) is 28.1 Å². The van der Waals surface area contributed by atoms with Crippen LogP contribution in [0.4, 0.5) is 4.39 Å². The zero-order chi connectivity index (χ0) is 24.4. The Morgan fingerprint density at radius 1 is 1.09 bits per heavy atom. The molecule has 0 amide bonds. The van der Waals surface area contributed by atoms with Crippen LogP contribution in [0.2, 0.25) is 5.02 Å². The van der Waals surface area contributed by atoms with Crippen molar-refractivity contribution in [1.82, 2.24) is 10.2 Å². The summed E-state index contributed by atoms with van der Waals surface area (Å²) in [6.07, 6.45) is 6.71. The second-order valence-corrected chi connectivity index (χ2v) is 9.41. The van der Waals surface area contributed by atoms with Crippen molar-refractivity contribution in [3.8, 4) is 0 Å². The summed E-state index contributed by atoms with van der Waals surface area (Å²) in [4.78, 5) is 11.4. The van der Waals surface area contributed by atoms with Gasteiger partial charge < -0.3 is 0 Å². The lowest BCUT2D eigenvalue weighted by atomic mass is 9.87. The maximum absolute atomic E-state index is 13.8. The highest BCUT2D eigenvalue weighted by molar-refractivity contribution is 8.13. The van der Waals surface area contributed by atoms with Crippen LogP contribution in [0, 0.1) is 5.82 Å². The number of allylic oxidation sites excluding steroid dienone is 2. The molecule has 35 heavy (non-hydrogen) atoms. The summed E-state index contributed by atoms with van der Waals surface area (Å²) in [5.41, 5.74) is 7.64. The first-order valence-electron chi connectivity index (χ1n) is 11.2. The summed E-state index contributed by atoms with van der Waals surface area (Å²) >= 11 is 7.51. The molecule has 1 N–H and O–H groups in total. The number of fused-ring (bicyclic) bond motifs is 1. The van der Waals surface area contributed by atoms with Crippen molar-refractivity contribution < 1.29 is 9.18 Å². The molecule has 0 radical (unpaired) electrons. The Morgan fingerprint density at radius 3 is 2.60 bits per heavy atom. The smallest absolute Gasteiger partial charge is 0.217 e. The summed E-state index contributed by atoms with van der Waals surface area (Å²) in [7, 11) is 0. The molecule has 0 spiro atoms. The number of hydrogen-bond acceptors (Lipinski definition) is 4. The molecule has 5 rings (SSSR count). The molecular formula is C28H21ClFN3OS. The van der Waals surface area contributed by atoms with Crippen molar-refractivity contribution in [3.63, 3.8) is 0 Å². The van der Waals surface area contributed by atoms with Crippen molar-refractivity contribution >= 4 is 62.5 Å². The van der Waals surface area contributed by atoms with E-state index in [9.17, 15) is 9.18 Å². The van der Waals surface area contributed by atoms with Crippen molar-refractivity contribution in [1.29, 1.82) is 0 Å². The van der Waals surface area contributed by atoms with Gasteiger partial charge in [-0.05, 0) is 70.2 Å². The van der Waals surface area contributed by atoms with Gasteiger partial charge in [-0.15, -0.1) is 0 Å². The summed E-state index contributed by atoms with van der Waals surface area (Å²) in [5, 5.41) is 8.59. The summed E-state index contributed by atoms with van der Waals surface area (Å²) in [6, 6.07) is 18.9. The van der Waals surface area contributed by atoms with Crippen molar-refractivity contribution in [3.05, 3.63) is 106 Å². The van der Waals surface area contributed by atoms with Crippen molar-refractivity contribution in [2.24, 2.45) is 4.40 Å². The van der Waals surface area contributed by atoms with Gasteiger partial charge in [0.05, 0.1) is 40.8 Å². The monoisotopic (exact) mass is 501 g/mol. The van der Waals surface area contributed by atoms with Gasteiger partial charge in [-0.25, -0.2) is 8.79 Å². The van der Waals surface area contributed by atoms with Crippen LogP contribution in [0.3, 0.4) is 0 Å². The molecule has 7 heteroatoms. The topological polar surface area (TPSA) is 58.1 Å². The molecule has 4 aromatic rings. The van der Waals surface area contributed by atoms with Crippen LogP contribution in [-0.2, 0) is 4.79 Å². The number of H-pyrrole nitrogens is 1. The minimum absolute atomic E-state index is 0.0657. The maximum atomic E-state index is 13.8. The van der Waals surface area contributed by atoms with E-state index in [-0.39, 0.29) is 10.9 Å². The lowest BCUT2D eigenvalue weighted by Gasteiger charge is -2.18. The van der Waals surface area contributed by atoms with Crippen molar-refractivity contribution in [2.45, 2.75) is 19.8 Å². The molecule has 0 atom stereocenters. The van der Waals surface area contributed by atoms with Gasteiger partial charge in [-0.2, -0.15) is 5.10 Å². The number of aromatic nitrogens is 2. The summed E-state index contributed by atoms with van der Waals surface area (Å²) < 4.78 is 18.0. The Kier molecular flexibility index (Phi) is 6.66. The van der Waals surface area contributed by atoms with Crippen LogP contribution in [-0.4, -0.2) is 21.0 Å². The van der Waals surface area contributed by atoms with Crippen LogP contribution in [0.15, 0.2) is 77.3 Å². The minimum atomic E-state index is -0.362. The molecule has 0 fully saturated rings.